The van der Waals surface area contributed by atoms with Crippen molar-refractivity contribution in [2.24, 2.45) is 0 Å². The number of nitrogens with one attached hydrogen (secondary N) is 3. The van der Waals surface area contributed by atoms with Crippen LogP contribution in [-0.4, -0.2) is 44.5 Å². The summed E-state index contributed by atoms with van der Waals surface area (Å²) >= 11 is 0. The Morgan fingerprint density at radius 2 is 1.26 bits per heavy atom. The largest absolute Gasteiger partial charge is 0.309 e. The van der Waals surface area contributed by atoms with Gasteiger partial charge in [0.2, 0.25) is 0 Å². The van der Waals surface area contributed by atoms with Crippen LogP contribution in [0.2, 0.25) is 0 Å². The van der Waals surface area contributed by atoms with E-state index in [4.69, 9.17) is 0 Å². The third-order valence-corrected chi connectivity index (χ3v) is 4.81. The van der Waals surface area contributed by atoms with Crippen molar-refractivity contribution in [2.45, 2.75) is 96.3 Å². The van der Waals surface area contributed by atoms with E-state index in [1.54, 1.807) is 0 Å². The lowest BCUT2D eigenvalue weighted by molar-refractivity contribution is 0.223. The molecule has 4 nitrogen and oxygen atoms in total. The summed E-state index contributed by atoms with van der Waals surface area (Å²) in [4.78, 5) is 2.25. The molecule has 1 fully saturated rings. The summed E-state index contributed by atoms with van der Waals surface area (Å²) in [5.41, 5.74) is 0. The lowest BCUT2D eigenvalue weighted by Crippen LogP contribution is -2.62. The summed E-state index contributed by atoms with van der Waals surface area (Å²) < 4.78 is 0. The summed E-state index contributed by atoms with van der Waals surface area (Å²) in [5, 5.41) is 10.7. The Balaban J connectivity index is 1.90. The van der Waals surface area contributed by atoms with Gasteiger partial charge in [0, 0.05) is 13.2 Å². The third kappa shape index (κ3) is 11.9. The molecule has 1 aliphatic heterocycles. The van der Waals surface area contributed by atoms with Crippen molar-refractivity contribution < 1.29 is 0 Å². The first-order valence-corrected chi connectivity index (χ1v) is 10.1. The fourth-order valence-corrected chi connectivity index (χ4v) is 3.26. The van der Waals surface area contributed by atoms with E-state index in [-0.39, 0.29) is 0 Å². The first-order valence-electron chi connectivity index (χ1n) is 10.1. The van der Waals surface area contributed by atoms with Crippen LogP contribution in [-0.2, 0) is 0 Å². The van der Waals surface area contributed by atoms with Crippen molar-refractivity contribution in [1.29, 1.82) is 0 Å². The number of hydrogen-bond donors (Lipinski definition) is 3. The smallest absolute Gasteiger partial charge is 0.0605 e. The molecule has 2 unspecified atom stereocenters. The molecule has 0 aromatic rings. The van der Waals surface area contributed by atoms with E-state index in [2.05, 4.69) is 41.9 Å². The lowest BCUT2D eigenvalue weighted by Gasteiger charge is -2.34. The number of unbranched alkanes of at least 4 members (excludes halogenated alkanes) is 9. The molecule has 0 spiro atoms. The highest BCUT2D eigenvalue weighted by Gasteiger charge is 2.18. The summed E-state index contributed by atoms with van der Waals surface area (Å²) in [5.74, 6) is 0. The van der Waals surface area contributed by atoms with Crippen LogP contribution in [0.3, 0.4) is 0 Å². The SMILES string of the molecule is CCCCCCCCCCCCC1NCNC(CCN(C)C)N1. The summed E-state index contributed by atoms with van der Waals surface area (Å²) in [6.07, 6.45) is 17.6. The zero-order valence-electron chi connectivity index (χ0n) is 16.0. The molecule has 4 heteroatoms. The fraction of sp³-hybridized carbons (Fsp3) is 1.00. The molecule has 0 aromatic carbocycles. The van der Waals surface area contributed by atoms with Crippen LogP contribution in [0.4, 0.5) is 0 Å². The quantitative estimate of drug-likeness (QED) is 0.426. The van der Waals surface area contributed by atoms with Gasteiger partial charge in [-0.2, -0.15) is 0 Å². The highest BCUT2D eigenvalue weighted by atomic mass is 15.3. The number of hydrogen-bond acceptors (Lipinski definition) is 4. The minimum absolute atomic E-state index is 0.465. The molecule has 0 radical (unpaired) electrons. The van der Waals surface area contributed by atoms with Gasteiger partial charge in [0.25, 0.3) is 0 Å². The molecule has 1 rings (SSSR count). The Bertz CT molecular complexity index is 258. The maximum atomic E-state index is 3.69. The van der Waals surface area contributed by atoms with Gasteiger partial charge in [-0.3, -0.25) is 16.0 Å². The van der Waals surface area contributed by atoms with E-state index in [0.29, 0.717) is 12.3 Å². The van der Waals surface area contributed by atoms with Crippen LogP contribution in [0.15, 0.2) is 0 Å². The van der Waals surface area contributed by atoms with Crippen molar-refractivity contribution in [3.05, 3.63) is 0 Å². The predicted molar refractivity (Wildman–Crippen MR) is 101 cm³/mol. The van der Waals surface area contributed by atoms with Gasteiger partial charge in [-0.15, -0.1) is 0 Å². The van der Waals surface area contributed by atoms with Gasteiger partial charge in [0.05, 0.1) is 12.3 Å². The normalized spacial score (nSPS) is 21.9. The average molecular weight is 327 g/mol. The molecule has 0 bridgehead atoms. The van der Waals surface area contributed by atoms with E-state index in [1.807, 2.05) is 0 Å². The Hall–Kier alpha value is -0.160. The van der Waals surface area contributed by atoms with Crippen molar-refractivity contribution in [1.82, 2.24) is 20.9 Å². The molecular weight excluding hydrogens is 284 g/mol. The van der Waals surface area contributed by atoms with Gasteiger partial charge in [0.15, 0.2) is 0 Å². The van der Waals surface area contributed by atoms with Crippen LogP contribution in [0, 0.1) is 0 Å². The number of rotatable bonds is 14. The van der Waals surface area contributed by atoms with Crippen LogP contribution in [0.1, 0.15) is 84.0 Å². The molecule has 1 aliphatic rings. The van der Waals surface area contributed by atoms with Crippen molar-refractivity contribution in [3.8, 4) is 0 Å². The van der Waals surface area contributed by atoms with E-state index in [1.165, 1.54) is 77.0 Å². The zero-order valence-corrected chi connectivity index (χ0v) is 16.0. The van der Waals surface area contributed by atoms with Gasteiger partial charge in [0.1, 0.15) is 0 Å². The predicted octanol–water partition coefficient (Wildman–Crippen LogP) is 3.64. The fourth-order valence-electron chi connectivity index (χ4n) is 3.26. The maximum Gasteiger partial charge on any atom is 0.0605 e. The topological polar surface area (TPSA) is 39.3 Å². The molecule has 2 atom stereocenters. The first-order chi connectivity index (χ1) is 11.2. The van der Waals surface area contributed by atoms with Gasteiger partial charge >= 0.3 is 0 Å². The van der Waals surface area contributed by atoms with Crippen LogP contribution >= 0.6 is 0 Å². The van der Waals surface area contributed by atoms with E-state index in [9.17, 15) is 0 Å². The summed E-state index contributed by atoms with van der Waals surface area (Å²) in [6, 6.07) is 0. The molecule has 23 heavy (non-hydrogen) atoms. The Kier molecular flexibility index (Phi) is 12.9. The highest BCUT2D eigenvalue weighted by molar-refractivity contribution is 4.77. The van der Waals surface area contributed by atoms with Crippen molar-refractivity contribution in [2.75, 3.05) is 27.3 Å². The van der Waals surface area contributed by atoms with Crippen molar-refractivity contribution in [3.63, 3.8) is 0 Å². The minimum atomic E-state index is 0.465. The molecule has 0 aromatic heterocycles. The highest BCUT2D eigenvalue weighted by Crippen LogP contribution is 2.12. The Labute approximate surface area is 145 Å². The Morgan fingerprint density at radius 3 is 1.83 bits per heavy atom. The molecule has 0 saturated carbocycles. The molecule has 1 saturated heterocycles. The van der Waals surface area contributed by atoms with E-state index in [0.717, 1.165) is 13.2 Å². The van der Waals surface area contributed by atoms with Crippen LogP contribution in [0.5, 0.6) is 0 Å². The second kappa shape index (κ2) is 14.2. The van der Waals surface area contributed by atoms with Gasteiger partial charge < -0.3 is 4.90 Å². The van der Waals surface area contributed by atoms with Crippen LogP contribution < -0.4 is 16.0 Å². The second-order valence-corrected chi connectivity index (χ2v) is 7.42. The minimum Gasteiger partial charge on any atom is -0.309 e. The van der Waals surface area contributed by atoms with Gasteiger partial charge in [-0.25, -0.2) is 0 Å². The first kappa shape index (κ1) is 20.9. The molecule has 0 aliphatic carbocycles. The van der Waals surface area contributed by atoms with Gasteiger partial charge in [-0.05, 0) is 26.9 Å². The van der Waals surface area contributed by atoms with Crippen molar-refractivity contribution >= 4 is 0 Å². The third-order valence-electron chi connectivity index (χ3n) is 4.81. The van der Waals surface area contributed by atoms with E-state index >= 15 is 0 Å². The number of nitrogens with zero attached hydrogens (tertiary/aromatic N) is 1. The van der Waals surface area contributed by atoms with Gasteiger partial charge in [-0.1, -0.05) is 71.1 Å². The van der Waals surface area contributed by atoms with Crippen LogP contribution in [0.25, 0.3) is 0 Å². The molecule has 0 amide bonds. The monoisotopic (exact) mass is 326 g/mol. The molecule has 3 N–H and O–H groups in total. The average Bonchev–Trinajstić information content (AvgIpc) is 2.55. The zero-order chi connectivity index (χ0) is 16.8. The molecular formula is C19H42N4. The Morgan fingerprint density at radius 1 is 0.739 bits per heavy atom. The van der Waals surface area contributed by atoms with E-state index < -0.39 is 0 Å². The molecule has 138 valence electrons. The summed E-state index contributed by atoms with van der Waals surface area (Å²) in [6.45, 7) is 4.36. The summed E-state index contributed by atoms with van der Waals surface area (Å²) in [7, 11) is 4.28. The standard InChI is InChI=1S/C19H42N4/c1-4-5-6-7-8-9-10-11-12-13-14-18-20-17-21-19(22-18)15-16-23(2)3/h18-22H,4-17H2,1-3H3. The molecule has 1 heterocycles. The second-order valence-electron chi connectivity index (χ2n) is 7.42. The maximum absolute atomic E-state index is 3.69. The lowest BCUT2D eigenvalue weighted by atomic mass is 10.1.